The van der Waals surface area contributed by atoms with Gasteiger partial charge in [0.2, 0.25) is 0 Å². The van der Waals surface area contributed by atoms with E-state index in [1.807, 2.05) is 23.8 Å². The van der Waals surface area contributed by atoms with Crippen LogP contribution in [-0.4, -0.2) is 19.0 Å². The molecule has 0 saturated carbocycles. The van der Waals surface area contributed by atoms with Gasteiger partial charge in [-0.25, -0.2) is 0 Å². The van der Waals surface area contributed by atoms with Gasteiger partial charge in [-0.2, -0.15) is 11.3 Å². The molecule has 0 spiro atoms. The van der Waals surface area contributed by atoms with Gasteiger partial charge in [0.25, 0.3) is 0 Å². The van der Waals surface area contributed by atoms with E-state index in [0.717, 1.165) is 5.56 Å². The molecule has 2 heterocycles. The molecule has 1 aromatic heterocycles. The third kappa shape index (κ3) is 2.12. The molecule has 0 bridgehead atoms. The molecule has 0 unspecified atom stereocenters. The van der Waals surface area contributed by atoms with Gasteiger partial charge in [0, 0.05) is 5.56 Å². The van der Waals surface area contributed by atoms with Gasteiger partial charge in [-0.15, -0.1) is 0 Å². The molecule has 15 heavy (non-hydrogen) atoms. The summed E-state index contributed by atoms with van der Waals surface area (Å²) in [6.45, 7) is 4.32. The third-order valence-electron chi connectivity index (χ3n) is 2.77. The average Bonchev–Trinajstić information content (AvgIpc) is 2.72. The first-order valence-corrected chi connectivity index (χ1v) is 5.82. The number of carbonyl (C=O) groups is 1. The summed E-state index contributed by atoms with van der Waals surface area (Å²) in [6, 6.07) is 1.98. The maximum Gasteiger partial charge on any atom is 0.184 e. The molecule has 0 aliphatic carbocycles. The highest BCUT2D eigenvalue weighted by Gasteiger charge is 2.37. The summed E-state index contributed by atoms with van der Waals surface area (Å²) in [7, 11) is 0. The van der Waals surface area contributed by atoms with Crippen molar-refractivity contribution in [3.05, 3.63) is 22.4 Å². The molecule has 2 rings (SSSR count). The van der Waals surface area contributed by atoms with Crippen LogP contribution in [0.25, 0.3) is 0 Å². The highest BCUT2D eigenvalue weighted by molar-refractivity contribution is 7.07. The monoisotopic (exact) mass is 226 g/mol. The second-order valence-corrected chi connectivity index (χ2v) is 4.91. The van der Waals surface area contributed by atoms with Crippen LogP contribution in [0.15, 0.2) is 16.8 Å². The fourth-order valence-electron chi connectivity index (χ4n) is 1.41. The van der Waals surface area contributed by atoms with Gasteiger partial charge in [0.15, 0.2) is 6.29 Å². The van der Waals surface area contributed by atoms with Crippen LogP contribution >= 0.6 is 11.3 Å². The standard InChI is InChI=1S/C11H14O3S/c1-8(12)11(2)6-13-10(14-7-11)9-3-4-15-5-9/h3-5,10H,6-7H2,1-2H3. The van der Waals surface area contributed by atoms with Crippen molar-refractivity contribution in [2.75, 3.05) is 13.2 Å². The minimum Gasteiger partial charge on any atom is -0.347 e. The van der Waals surface area contributed by atoms with Crippen molar-refractivity contribution >= 4 is 17.1 Å². The van der Waals surface area contributed by atoms with E-state index < -0.39 is 5.41 Å². The second kappa shape index (κ2) is 4.04. The lowest BCUT2D eigenvalue weighted by Gasteiger charge is -2.35. The van der Waals surface area contributed by atoms with Gasteiger partial charge in [-0.3, -0.25) is 4.79 Å². The predicted octanol–water partition coefficient (Wildman–Crippen LogP) is 2.39. The quantitative estimate of drug-likeness (QED) is 0.776. The summed E-state index contributed by atoms with van der Waals surface area (Å²) < 4.78 is 11.1. The number of Topliss-reactive ketones (excluding diaryl/α,β-unsaturated/α-hetero) is 1. The lowest BCUT2D eigenvalue weighted by atomic mass is 9.88. The Morgan fingerprint density at radius 1 is 1.53 bits per heavy atom. The van der Waals surface area contributed by atoms with Crippen molar-refractivity contribution in [1.29, 1.82) is 0 Å². The summed E-state index contributed by atoms with van der Waals surface area (Å²) >= 11 is 1.61. The minimum atomic E-state index is -0.480. The fourth-order valence-corrected chi connectivity index (χ4v) is 2.07. The number of ether oxygens (including phenoxy) is 2. The molecular formula is C11H14O3S. The molecule has 3 nitrogen and oxygen atoms in total. The normalized spacial score (nSPS) is 31.5. The van der Waals surface area contributed by atoms with Crippen molar-refractivity contribution in [3.8, 4) is 0 Å². The number of hydrogen-bond donors (Lipinski definition) is 0. The molecule has 1 aliphatic rings. The van der Waals surface area contributed by atoms with Crippen LogP contribution in [0.1, 0.15) is 25.7 Å². The SMILES string of the molecule is CC(=O)C1(C)COC(c2ccsc2)OC1. The lowest BCUT2D eigenvalue weighted by Crippen LogP contribution is -2.41. The minimum absolute atomic E-state index is 0.117. The Labute approximate surface area is 93.0 Å². The van der Waals surface area contributed by atoms with Gasteiger partial charge in [0.05, 0.1) is 18.6 Å². The van der Waals surface area contributed by atoms with Gasteiger partial charge >= 0.3 is 0 Å². The summed E-state index contributed by atoms with van der Waals surface area (Å²) in [4.78, 5) is 11.4. The number of carbonyl (C=O) groups excluding carboxylic acids is 1. The maximum absolute atomic E-state index is 11.4. The molecule has 1 aliphatic heterocycles. The maximum atomic E-state index is 11.4. The van der Waals surface area contributed by atoms with Crippen molar-refractivity contribution in [1.82, 2.24) is 0 Å². The largest absolute Gasteiger partial charge is 0.347 e. The van der Waals surface area contributed by atoms with E-state index in [2.05, 4.69) is 0 Å². The van der Waals surface area contributed by atoms with Crippen molar-refractivity contribution in [2.45, 2.75) is 20.1 Å². The van der Waals surface area contributed by atoms with Crippen LogP contribution in [0.4, 0.5) is 0 Å². The number of thiophene rings is 1. The molecule has 1 aromatic rings. The van der Waals surface area contributed by atoms with Crippen molar-refractivity contribution < 1.29 is 14.3 Å². The van der Waals surface area contributed by atoms with E-state index in [4.69, 9.17) is 9.47 Å². The first-order chi connectivity index (χ1) is 7.12. The molecule has 0 amide bonds. The molecule has 82 valence electrons. The third-order valence-corrected chi connectivity index (χ3v) is 3.47. The van der Waals surface area contributed by atoms with E-state index in [0.29, 0.717) is 13.2 Å². The van der Waals surface area contributed by atoms with E-state index in [1.54, 1.807) is 18.3 Å². The number of rotatable bonds is 2. The Kier molecular flexibility index (Phi) is 2.91. The highest BCUT2D eigenvalue weighted by atomic mass is 32.1. The van der Waals surface area contributed by atoms with Gasteiger partial charge < -0.3 is 9.47 Å². The van der Waals surface area contributed by atoms with E-state index in [9.17, 15) is 4.79 Å². The number of hydrogen-bond acceptors (Lipinski definition) is 4. The first-order valence-electron chi connectivity index (χ1n) is 4.88. The zero-order valence-corrected chi connectivity index (χ0v) is 9.67. The lowest BCUT2D eigenvalue weighted by molar-refractivity contribution is -0.226. The molecule has 4 heteroatoms. The fraction of sp³-hybridized carbons (Fsp3) is 0.545. The van der Waals surface area contributed by atoms with Crippen LogP contribution in [0.2, 0.25) is 0 Å². The van der Waals surface area contributed by atoms with Crippen LogP contribution in [0.5, 0.6) is 0 Å². The van der Waals surface area contributed by atoms with E-state index >= 15 is 0 Å². The number of ketones is 1. The zero-order chi connectivity index (χ0) is 10.9. The van der Waals surface area contributed by atoms with Crippen LogP contribution in [0, 0.1) is 5.41 Å². The van der Waals surface area contributed by atoms with Crippen molar-refractivity contribution in [2.24, 2.45) is 5.41 Å². The average molecular weight is 226 g/mol. The summed E-state index contributed by atoms with van der Waals surface area (Å²) in [5, 5.41) is 3.99. The molecule has 0 aromatic carbocycles. The van der Waals surface area contributed by atoms with Gasteiger partial charge in [0.1, 0.15) is 5.78 Å². The van der Waals surface area contributed by atoms with Gasteiger partial charge in [-0.05, 0) is 30.7 Å². The van der Waals surface area contributed by atoms with Crippen LogP contribution in [0.3, 0.4) is 0 Å². The predicted molar refractivity (Wildman–Crippen MR) is 57.8 cm³/mol. The smallest absolute Gasteiger partial charge is 0.184 e. The Morgan fingerprint density at radius 3 is 2.67 bits per heavy atom. The Morgan fingerprint density at radius 2 is 2.20 bits per heavy atom. The highest BCUT2D eigenvalue weighted by Crippen LogP contribution is 2.32. The molecule has 0 N–H and O–H groups in total. The molecule has 0 radical (unpaired) electrons. The van der Waals surface area contributed by atoms with E-state index in [1.165, 1.54) is 0 Å². The molecule has 1 saturated heterocycles. The van der Waals surface area contributed by atoms with E-state index in [-0.39, 0.29) is 12.1 Å². The summed E-state index contributed by atoms with van der Waals surface area (Å²) in [5.74, 6) is 0.117. The topological polar surface area (TPSA) is 35.5 Å². The molecule has 1 fully saturated rings. The first kappa shape index (κ1) is 10.8. The molecule has 0 atom stereocenters. The zero-order valence-electron chi connectivity index (χ0n) is 8.86. The second-order valence-electron chi connectivity index (χ2n) is 4.13. The Hall–Kier alpha value is -0.710. The van der Waals surface area contributed by atoms with Crippen LogP contribution < -0.4 is 0 Å². The Balaban J connectivity index is 2.01. The Bertz CT molecular complexity index is 337. The summed E-state index contributed by atoms with van der Waals surface area (Å²) in [5.41, 5.74) is 0.553. The summed E-state index contributed by atoms with van der Waals surface area (Å²) in [6.07, 6.45) is -0.302. The van der Waals surface area contributed by atoms with Crippen LogP contribution in [-0.2, 0) is 14.3 Å². The van der Waals surface area contributed by atoms with Crippen molar-refractivity contribution in [3.63, 3.8) is 0 Å². The van der Waals surface area contributed by atoms with Gasteiger partial charge in [-0.1, -0.05) is 0 Å². The molecular weight excluding hydrogens is 212 g/mol.